The molecule has 0 bridgehead atoms. The SMILES string of the molecule is CC(C)Nc1ccc(COc2cccc(C#N)c2)c(Cl)c1.CC(C)Nc1ccc(COc2cccc(F)c2)c(Cl)c1.CC(C)Nc1ccc(COc2ccccc2)c(Cl)c1.CC(C)Nc1ccc(OCc2cccc(C#N)c2)c(Cl)c1.CC(C)Nc1ccc(OCc2cccc(F)c2)c(Cl)c1.CC(C)Nc1ccc(OCc2ccccc2)c(Cl)c1.CCC.CCC.CCC.CCC.CCC.CCC. The lowest BCUT2D eigenvalue weighted by Gasteiger charge is -2.13. The maximum atomic E-state index is 13.1. The fourth-order valence-electron chi connectivity index (χ4n) is 11.0. The number of nitrogens with one attached hydrogen (secondary N) is 6. The first-order valence-electron chi connectivity index (χ1n) is 47.7. The Morgan fingerprint density at radius 3 is 0.775 bits per heavy atom. The molecule has 0 radical (unpaired) electrons. The maximum Gasteiger partial charge on any atom is 0.138 e. The number of ether oxygens (including phenoxy) is 6. The average molecular weight is 2010 g/mol. The van der Waals surface area contributed by atoms with Gasteiger partial charge < -0.3 is 60.3 Å². The van der Waals surface area contributed by atoms with Crippen LogP contribution in [0.3, 0.4) is 0 Å². The molecule has 12 aromatic carbocycles. The molecule has 0 aromatic heterocycles. The van der Waals surface area contributed by atoms with Crippen LogP contribution in [-0.4, -0.2) is 36.3 Å². The van der Waals surface area contributed by atoms with E-state index in [1.54, 1.807) is 42.5 Å². The summed E-state index contributed by atoms with van der Waals surface area (Å²) in [6.07, 6.45) is 7.50. The van der Waals surface area contributed by atoms with Crippen LogP contribution in [0.25, 0.3) is 0 Å². The van der Waals surface area contributed by atoms with Crippen LogP contribution >= 0.6 is 69.6 Å². The van der Waals surface area contributed by atoms with Crippen molar-refractivity contribution in [3.8, 4) is 46.6 Å². The Kier molecular flexibility index (Phi) is 68.6. The number of anilines is 6. The fourth-order valence-corrected chi connectivity index (χ4v) is 12.4. The second-order valence-corrected chi connectivity index (χ2v) is 35.9. The van der Waals surface area contributed by atoms with Gasteiger partial charge in [-0.2, -0.15) is 10.5 Å². The number of nitrogens with zero attached hydrogens (tertiary/aromatic N) is 2. The van der Waals surface area contributed by atoms with Crippen LogP contribution in [0.2, 0.25) is 30.1 Å². The highest BCUT2D eigenvalue weighted by Gasteiger charge is 2.13. The van der Waals surface area contributed by atoms with Gasteiger partial charge in [-0.1, -0.05) is 294 Å². The third-order valence-electron chi connectivity index (χ3n) is 16.3. The summed E-state index contributed by atoms with van der Waals surface area (Å²) in [5.74, 6) is 3.35. The van der Waals surface area contributed by atoms with Crippen LogP contribution in [0.4, 0.5) is 42.9 Å². The van der Waals surface area contributed by atoms with Crippen molar-refractivity contribution in [3.63, 3.8) is 0 Å². The van der Waals surface area contributed by atoms with Gasteiger partial charge >= 0.3 is 0 Å². The van der Waals surface area contributed by atoms with Gasteiger partial charge in [0.25, 0.3) is 0 Å². The highest BCUT2D eigenvalue weighted by molar-refractivity contribution is 6.33. The van der Waals surface area contributed by atoms with Crippen molar-refractivity contribution < 1.29 is 37.2 Å². The Balaban J connectivity index is 0.000000798. The van der Waals surface area contributed by atoms with Gasteiger partial charge in [0, 0.05) is 108 Å². The summed E-state index contributed by atoms with van der Waals surface area (Å²) in [6.45, 7) is 52.8. The van der Waals surface area contributed by atoms with Crippen LogP contribution in [-0.2, 0) is 39.6 Å². The molecule has 748 valence electrons. The lowest BCUT2D eigenvalue weighted by atomic mass is 10.1. The maximum absolute atomic E-state index is 13.1. The van der Waals surface area contributed by atoms with Gasteiger partial charge in [-0.05, 0) is 258 Å². The number of para-hydroxylation sites is 1. The van der Waals surface area contributed by atoms with Gasteiger partial charge in [0.1, 0.15) is 85.8 Å². The molecule has 0 unspecified atom stereocenters. The van der Waals surface area contributed by atoms with Crippen molar-refractivity contribution in [1.29, 1.82) is 10.5 Å². The molecular weight excluding hydrogens is 1850 g/mol. The van der Waals surface area contributed by atoms with Gasteiger partial charge in [0.15, 0.2) is 0 Å². The van der Waals surface area contributed by atoms with Crippen LogP contribution in [0, 0.1) is 34.3 Å². The summed E-state index contributed by atoms with van der Waals surface area (Å²) < 4.78 is 60.0. The Morgan fingerprint density at radius 2 is 0.478 bits per heavy atom. The van der Waals surface area contributed by atoms with Gasteiger partial charge in [0.05, 0.1) is 38.3 Å². The first kappa shape index (κ1) is 125. The van der Waals surface area contributed by atoms with Crippen molar-refractivity contribution in [2.75, 3.05) is 31.9 Å². The highest BCUT2D eigenvalue weighted by atomic mass is 35.5. The zero-order valence-corrected chi connectivity index (χ0v) is 90.3. The molecule has 12 aromatic rings. The lowest BCUT2D eigenvalue weighted by Crippen LogP contribution is -2.09. The monoisotopic (exact) mass is 2000 g/mol. The smallest absolute Gasteiger partial charge is 0.138 e. The molecule has 12 rings (SSSR count). The summed E-state index contributed by atoms with van der Waals surface area (Å²) >= 11 is 37.3. The van der Waals surface area contributed by atoms with Gasteiger partial charge in [-0.3, -0.25) is 0 Å². The van der Waals surface area contributed by atoms with Crippen molar-refractivity contribution in [3.05, 3.63) is 353 Å². The van der Waals surface area contributed by atoms with Gasteiger partial charge in [0.2, 0.25) is 0 Å². The van der Waals surface area contributed by atoms with E-state index in [9.17, 15) is 8.78 Å². The van der Waals surface area contributed by atoms with E-state index in [2.05, 4.69) is 210 Å². The summed E-state index contributed by atoms with van der Waals surface area (Å²) in [4.78, 5) is 0. The molecular formula is C116H152Cl6F2N8O6. The van der Waals surface area contributed by atoms with Crippen molar-refractivity contribution in [1.82, 2.24) is 0 Å². The predicted octanol–water partition coefficient (Wildman–Crippen LogP) is 37.0. The third-order valence-corrected chi connectivity index (χ3v) is 18.3. The van der Waals surface area contributed by atoms with Crippen molar-refractivity contribution in [2.24, 2.45) is 0 Å². The molecule has 0 aliphatic carbocycles. The molecule has 0 saturated heterocycles. The summed E-state index contributed by atoms with van der Waals surface area (Å²) in [7, 11) is 0. The molecule has 0 amide bonds. The summed E-state index contributed by atoms with van der Waals surface area (Å²) in [5, 5.41) is 41.2. The van der Waals surface area contributed by atoms with E-state index in [4.69, 9.17) is 109 Å². The van der Waals surface area contributed by atoms with Crippen LogP contribution in [0.15, 0.2) is 267 Å². The van der Waals surface area contributed by atoms with E-state index < -0.39 is 0 Å². The molecule has 0 aliphatic rings. The van der Waals surface area contributed by atoms with Gasteiger partial charge in [-0.15, -0.1) is 0 Å². The van der Waals surface area contributed by atoms with E-state index in [1.165, 1.54) is 62.8 Å². The largest absolute Gasteiger partial charge is 0.489 e. The molecule has 0 spiro atoms. The Morgan fingerprint density at radius 1 is 0.239 bits per heavy atom. The molecule has 22 heteroatoms. The zero-order chi connectivity index (χ0) is 103. The van der Waals surface area contributed by atoms with E-state index in [0.29, 0.717) is 134 Å². The molecule has 0 fully saturated rings. The molecule has 0 atom stereocenters. The van der Waals surface area contributed by atoms with E-state index in [0.717, 1.165) is 78.3 Å². The second kappa shape index (κ2) is 75.8. The first-order chi connectivity index (χ1) is 66.0. The molecule has 138 heavy (non-hydrogen) atoms. The van der Waals surface area contributed by atoms with E-state index in [1.807, 2.05) is 200 Å². The second-order valence-electron chi connectivity index (χ2n) is 33.5. The Hall–Kier alpha value is -11.2. The predicted molar refractivity (Wildman–Crippen MR) is 591 cm³/mol. The topological polar surface area (TPSA) is 175 Å². The minimum atomic E-state index is -0.315. The molecule has 6 N–H and O–H groups in total. The van der Waals surface area contributed by atoms with Crippen LogP contribution in [0.1, 0.15) is 249 Å². The first-order valence-corrected chi connectivity index (χ1v) is 50.0. The lowest BCUT2D eigenvalue weighted by molar-refractivity contribution is 0.304. The quantitative estimate of drug-likeness (QED) is 0.0251. The number of halogens is 8. The molecule has 0 heterocycles. The molecule has 0 aliphatic heterocycles. The number of rotatable bonds is 30. The summed E-state index contributed by atoms with van der Waals surface area (Å²) in [5.41, 5.74) is 12.7. The van der Waals surface area contributed by atoms with Crippen LogP contribution < -0.4 is 60.3 Å². The highest BCUT2D eigenvalue weighted by Crippen LogP contribution is 2.34. The Labute approximate surface area is 857 Å². The van der Waals surface area contributed by atoms with E-state index >= 15 is 0 Å². The number of hydrogen-bond donors (Lipinski definition) is 6. The van der Waals surface area contributed by atoms with Crippen molar-refractivity contribution in [2.45, 2.75) is 281 Å². The van der Waals surface area contributed by atoms with Crippen LogP contribution in [0.5, 0.6) is 34.5 Å². The van der Waals surface area contributed by atoms with E-state index in [-0.39, 0.29) is 18.2 Å². The number of nitriles is 2. The van der Waals surface area contributed by atoms with Crippen molar-refractivity contribution >= 4 is 104 Å². The summed E-state index contributed by atoms with van der Waals surface area (Å²) in [6, 6.07) is 87.4. The minimum Gasteiger partial charge on any atom is -0.489 e. The zero-order valence-electron chi connectivity index (χ0n) is 85.7. The number of hydrogen-bond acceptors (Lipinski definition) is 14. The standard InChI is InChI=1S/2C17H17ClN2O.2C16H17ClFNO.2C16H18ClNO.6C3H8/c1-12(2)20-15-7-6-14(17(18)9-15)11-21-16-5-3-4-13(8-16)10-19;1-12(2)20-15-6-7-17(16(18)9-15)21-11-14-5-3-4-13(8-14)10-19;1-11(2)19-14-7-6-12(16(17)9-14)10-20-15-5-3-4-13(18)8-15;1-11(2)19-14-6-7-16(15(17)9-14)20-10-12-4-3-5-13(18)8-12;1-12(2)18-14-9-8-13(16(17)10-14)11-19-15-6-4-3-5-7-15;1-12(2)18-14-8-9-16(15(17)10-14)19-11-13-6-4-3-5-7-13;6*1-3-2/h2*3-9,12,20H,11H2,1-2H3;2*3-9,11,19H,10H2,1-2H3;2*3-10,12,18H,11H2,1-2H3;6*3H2,1-2H3. The normalized spacial score (nSPS) is 9.88. The third kappa shape index (κ3) is 58.5. The Bertz CT molecular complexity index is 4990. The average Bonchev–Trinajstić information content (AvgIpc) is 0.887. The molecule has 14 nitrogen and oxygen atoms in total. The molecule has 0 saturated carbocycles. The minimum absolute atomic E-state index is 0.270. The van der Waals surface area contributed by atoms with Gasteiger partial charge in [-0.25, -0.2) is 8.78 Å². The fraction of sp³-hybridized carbons (Fsp3) is 0.362. The number of benzene rings is 12.